The highest BCUT2D eigenvalue weighted by molar-refractivity contribution is 6.34. The van der Waals surface area contributed by atoms with Crippen molar-refractivity contribution in [1.82, 2.24) is 0 Å². The maximum absolute atomic E-state index is 14.1. The average Bonchev–Trinajstić information content (AvgIpc) is 0.746. The average molecular weight is 1670 g/mol. The van der Waals surface area contributed by atoms with Gasteiger partial charge in [-0.2, -0.15) is 0 Å². The number of carboxylic acid groups (broad SMARTS) is 2. The van der Waals surface area contributed by atoms with Crippen LogP contribution >= 0.6 is 46.4 Å². The maximum atomic E-state index is 14.1. The molecule has 6 aromatic rings. The Kier molecular flexibility index (Phi) is 31.6. The number of methoxy groups -OCH3 is 4. The molecule has 3 aliphatic heterocycles. The summed E-state index contributed by atoms with van der Waals surface area (Å²) in [6.45, 7) is 2.68. The number of carbonyl (C=O) groups is 4. The van der Waals surface area contributed by atoms with Gasteiger partial charge in [0.2, 0.25) is 10.9 Å². The molecule has 2 N–H and O–H groups in total. The largest absolute Gasteiger partial charge is 0.871 e. The summed E-state index contributed by atoms with van der Waals surface area (Å²) < 4.78 is 57.5. The maximum Gasteiger partial charge on any atom is 0.255 e. The third-order valence-electron chi connectivity index (χ3n) is 15.8. The van der Waals surface area contributed by atoms with Gasteiger partial charge in [-0.05, 0) is 71.8 Å². The number of aromatic carboxylic acids is 2. The molecule has 11 rings (SSSR count). The fourth-order valence-corrected chi connectivity index (χ4v) is 11.8. The summed E-state index contributed by atoms with van der Waals surface area (Å²) in [6, 6.07) is 24.0. The molecule has 31 heteroatoms. The SMILES string of the molecule is COc1cc(N2CCOCCOCCN(c3cc(OC)c(NC(=O)c4ccc(-c5c6cc(Cl)c(=O)cc-6oc6cc([O-])c(Cl)cc56)c(C(=O)[O-])c4)cc3OC)CCOCC2)c(OC)cc1NC(=O)c1ccc(-c2c3cc(Cl)c(=O)cc-3oc3cc([O-])c(Cl)cc23)c(C(=O)[O-])c1.C[N+](C)(C)C.C[N+](C)(C)C.C[N+](C)(C)C.C[N+](C)(C)C. The number of rotatable bonds is 14. The zero-order chi connectivity index (χ0) is 85.5. The molecule has 0 unspecified atom stereocenters. The number of fused-ring (bicyclic) bond motifs is 4. The van der Waals surface area contributed by atoms with E-state index >= 15 is 0 Å². The Morgan fingerprint density at radius 2 is 0.696 bits per heavy atom. The highest BCUT2D eigenvalue weighted by Gasteiger charge is 2.28. The molecule has 2 amide bonds. The Morgan fingerprint density at radius 3 is 0.991 bits per heavy atom. The Hall–Kier alpha value is -10.1. The van der Waals surface area contributed by atoms with Crippen molar-refractivity contribution in [2.45, 2.75) is 0 Å². The molecule has 27 nitrogen and oxygen atoms in total. The van der Waals surface area contributed by atoms with Gasteiger partial charge in [-0.3, -0.25) is 19.2 Å². The minimum atomic E-state index is -1.65. The fraction of sp³-hybridized carbons (Fsp3) is 0.357. The van der Waals surface area contributed by atoms with Crippen LogP contribution in [0.4, 0.5) is 22.7 Å². The van der Waals surface area contributed by atoms with E-state index in [1.54, 1.807) is 24.3 Å². The van der Waals surface area contributed by atoms with Gasteiger partial charge >= 0.3 is 0 Å². The molecule has 3 heterocycles. The summed E-state index contributed by atoms with van der Waals surface area (Å²) >= 11 is 25.1. The highest BCUT2D eigenvalue weighted by atomic mass is 35.5. The van der Waals surface area contributed by atoms with Crippen molar-refractivity contribution in [3.8, 4) is 79.4 Å². The zero-order valence-corrected chi connectivity index (χ0v) is 71.4. The summed E-state index contributed by atoms with van der Waals surface area (Å²) in [6.07, 6.45) is 0. The second kappa shape index (κ2) is 39.5. The minimum Gasteiger partial charge on any atom is -0.871 e. The molecule has 1 saturated heterocycles. The molecule has 0 radical (unpaired) electrons. The fourth-order valence-electron chi connectivity index (χ4n) is 11.2. The quantitative estimate of drug-likeness (QED) is 0.0755. The van der Waals surface area contributed by atoms with Gasteiger partial charge < -0.3 is 110 Å². The van der Waals surface area contributed by atoms with E-state index < -0.39 is 57.2 Å². The van der Waals surface area contributed by atoms with E-state index in [4.69, 9.17) is 88.4 Å². The van der Waals surface area contributed by atoms with Crippen LogP contribution in [0, 0.1) is 0 Å². The summed E-state index contributed by atoms with van der Waals surface area (Å²) in [5.74, 6) is -4.87. The van der Waals surface area contributed by atoms with Gasteiger partial charge in [0, 0.05) is 128 Å². The number of benzene rings is 8. The predicted octanol–water partition coefficient (Wildman–Crippen LogP) is 10.1. The smallest absolute Gasteiger partial charge is 0.255 e. The first-order chi connectivity index (χ1) is 53.7. The Balaban J connectivity index is 0.000000816. The monoisotopic (exact) mass is 1660 g/mol. The highest BCUT2D eigenvalue weighted by Crippen LogP contribution is 2.48. The molecule has 0 saturated carbocycles. The first kappa shape index (κ1) is 92.0. The molecule has 6 aromatic carbocycles. The number of hydrogen-bond acceptors (Lipinski definition) is 21. The number of carboxylic acids is 2. The molecule has 0 bridgehead atoms. The van der Waals surface area contributed by atoms with Gasteiger partial charge in [0.1, 0.15) is 45.7 Å². The molecular weight excluding hydrogens is 1570 g/mol. The minimum absolute atomic E-state index is 0.00727. The predicted molar refractivity (Wildman–Crippen MR) is 444 cm³/mol. The van der Waals surface area contributed by atoms with Crippen LogP contribution < -0.4 is 70.7 Å². The molecule has 5 aliphatic rings. The molecule has 0 aromatic heterocycles. The molecule has 2 aliphatic carbocycles. The Morgan fingerprint density at radius 1 is 0.391 bits per heavy atom. The molecule has 618 valence electrons. The van der Waals surface area contributed by atoms with Gasteiger partial charge in [-0.1, -0.05) is 70.0 Å². The summed E-state index contributed by atoms with van der Waals surface area (Å²) in [5.41, 5.74) is 0.174. The van der Waals surface area contributed by atoms with Crippen molar-refractivity contribution in [1.29, 1.82) is 0 Å². The standard InChI is InChI=1S/C68H56Cl4N4O19.4C4H12N/c1-87-59-27-49(61(89-3)25-47(59)73-65(81)33-5-7-35(37(19-33)67(83)84)63-39-21-43(69)51(77)29-55(39)94-56-30-52(78)44(70)22-40(56)63)75-9-13-91-14-10-76(12-16-93-18-17-92-15-11-75)50-28-60(88-2)48(26-62(50)90-4)74-66(82)34-6-8-36(38(20-34)68(85)86)64-41-23-45(71)53(79)31-57(41)95-58-32-54(80)46(72)24-42(58)64;4*1-5(2,3)4/h5-8,19-32,77,79H,9-18H2,1-4H3,(H,73,81)(H,74,82)(H,83,84)(H,85,86);4*1-4H3/q;4*+1/p-4. The first-order valence-electron chi connectivity index (χ1n) is 36.1. The summed E-state index contributed by atoms with van der Waals surface area (Å²) in [4.78, 5) is 83.3. The topological polar surface area (TPSA) is 316 Å². The summed E-state index contributed by atoms with van der Waals surface area (Å²) in [5, 5.41) is 56.4. The van der Waals surface area contributed by atoms with Crippen molar-refractivity contribution >= 4 is 115 Å². The van der Waals surface area contributed by atoms with Crippen LogP contribution in [0.2, 0.25) is 20.1 Å². The van der Waals surface area contributed by atoms with Gasteiger partial charge in [0.15, 0.2) is 0 Å². The van der Waals surface area contributed by atoms with Crippen LogP contribution in [-0.2, 0) is 14.2 Å². The molecule has 1 fully saturated rings. The third-order valence-corrected chi connectivity index (χ3v) is 17.0. The lowest BCUT2D eigenvalue weighted by Crippen LogP contribution is -2.33. The van der Waals surface area contributed by atoms with Crippen LogP contribution in [0.25, 0.3) is 66.8 Å². The number of amides is 2. The number of halogens is 4. The van der Waals surface area contributed by atoms with Crippen molar-refractivity contribution < 1.29 is 99.5 Å². The zero-order valence-electron chi connectivity index (χ0n) is 68.4. The first-order valence-corrected chi connectivity index (χ1v) is 37.6. The van der Waals surface area contributed by atoms with E-state index in [-0.39, 0.29) is 161 Å². The van der Waals surface area contributed by atoms with E-state index in [1.807, 2.05) is 9.80 Å². The van der Waals surface area contributed by atoms with Crippen molar-refractivity contribution in [2.75, 3.05) is 227 Å². The number of carbonyl (C=O) groups excluding carboxylic acids is 4. The third kappa shape index (κ3) is 26.2. The second-order valence-corrected chi connectivity index (χ2v) is 33.7. The number of anilines is 4. The Bertz CT molecular complexity index is 4850. The van der Waals surface area contributed by atoms with Crippen molar-refractivity contribution in [2.24, 2.45) is 0 Å². The lowest BCUT2D eigenvalue weighted by atomic mass is 9.89. The van der Waals surface area contributed by atoms with Crippen LogP contribution in [-0.4, -0.2) is 249 Å². The van der Waals surface area contributed by atoms with Gasteiger partial charge in [-0.15, -0.1) is 0 Å². The van der Waals surface area contributed by atoms with Gasteiger partial charge in [0.05, 0.1) is 226 Å². The molecule has 0 spiro atoms. The number of hydrogen-bond donors (Lipinski definition) is 2. The number of ether oxygens (including phenoxy) is 7. The van der Waals surface area contributed by atoms with E-state index in [1.165, 1.54) is 77.0 Å². The van der Waals surface area contributed by atoms with E-state index in [2.05, 4.69) is 123 Å². The van der Waals surface area contributed by atoms with E-state index in [0.717, 1.165) is 54.3 Å². The molecule has 0 atom stereocenters. The van der Waals surface area contributed by atoms with Crippen LogP contribution in [0.3, 0.4) is 0 Å². The second-order valence-electron chi connectivity index (χ2n) is 32.1. The van der Waals surface area contributed by atoms with E-state index in [0.29, 0.717) is 49.1 Å². The number of nitrogens with zero attached hydrogens (tertiary/aromatic N) is 6. The number of quaternary nitrogens is 4. The Labute approximate surface area is 689 Å². The summed E-state index contributed by atoms with van der Waals surface area (Å²) in [7, 11) is 39.7. The molecule has 115 heavy (non-hydrogen) atoms. The van der Waals surface area contributed by atoms with Crippen molar-refractivity contribution in [3.05, 3.63) is 172 Å². The van der Waals surface area contributed by atoms with Gasteiger partial charge in [0.25, 0.3) is 11.8 Å². The lowest BCUT2D eigenvalue weighted by Gasteiger charge is -2.29. The normalized spacial score (nSPS) is 13.3. The van der Waals surface area contributed by atoms with Crippen LogP contribution in [0.1, 0.15) is 41.4 Å². The van der Waals surface area contributed by atoms with Crippen LogP contribution in [0.5, 0.6) is 34.5 Å². The molecular formula is C84H100Cl4N8O19. The number of nitrogens with one attached hydrogen (secondary N) is 2. The van der Waals surface area contributed by atoms with Crippen LogP contribution in [0.15, 0.2) is 128 Å². The van der Waals surface area contributed by atoms with Crippen molar-refractivity contribution in [3.63, 3.8) is 0 Å². The lowest BCUT2D eigenvalue weighted by molar-refractivity contribution is -0.849. The van der Waals surface area contributed by atoms with Gasteiger partial charge in [-0.25, -0.2) is 0 Å². The van der Waals surface area contributed by atoms with E-state index in [9.17, 15) is 49.2 Å².